The molecule has 2 aromatic rings. The molecule has 1 aromatic carbocycles. The van der Waals surface area contributed by atoms with E-state index < -0.39 is 0 Å². The summed E-state index contributed by atoms with van der Waals surface area (Å²) in [5.74, 6) is 0. The molecule has 0 saturated carbocycles. The van der Waals surface area contributed by atoms with Crippen molar-refractivity contribution in [3.05, 3.63) is 57.8 Å². The van der Waals surface area contributed by atoms with Crippen molar-refractivity contribution in [2.75, 3.05) is 13.2 Å². The number of thiophene rings is 1. The lowest BCUT2D eigenvalue weighted by Gasteiger charge is -2.22. The molecule has 0 aliphatic heterocycles. The molecule has 0 spiro atoms. The monoisotopic (exact) mass is 318 g/mol. The van der Waals surface area contributed by atoms with Gasteiger partial charge < -0.3 is 15.3 Å². The molecule has 0 saturated heterocycles. The molecule has 118 valence electrons. The Labute approximate surface area is 135 Å². The highest BCUT2D eigenvalue weighted by Gasteiger charge is 2.13. The Hall–Kier alpha value is -1.85. The summed E-state index contributed by atoms with van der Waals surface area (Å²) in [5, 5.41) is 12.1. The van der Waals surface area contributed by atoms with Gasteiger partial charge in [0.05, 0.1) is 13.2 Å². The lowest BCUT2D eigenvalue weighted by molar-refractivity contribution is 0.174. The minimum absolute atomic E-state index is 0.0424. The van der Waals surface area contributed by atoms with Gasteiger partial charge in [0, 0.05) is 22.8 Å². The van der Waals surface area contributed by atoms with E-state index in [1.165, 1.54) is 4.88 Å². The number of hydrogen-bond acceptors (Lipinski definition) is 3. The second-order valence-corrected chi connectivity index (χ2v) is 6.26. The van der Waals surface area contributed by atoms with Crippen molar-refractivity contribution in [1.82, 2.24) is 10.2 Å². The quantitative estimate of drug-likeness (QED) is 0.824. The molecule has 4 nitrogen and oxygen atoms in total. The summed E-state index contributed by atoms with van der Waals surface area (Å²) in [6.07, 6.45) is 1.02. The van der Waals surface area contributed by atoms with Crippen LogP contribution in [-0.4, -0.2) is 29.2 Å². The first-order valence-corrected chi connectivity index (χ1v) is 8.29. The van der Waals surface area contributed by atoms with Gasteiger partial charge in [0.2, 0.25) is 0 Å². The van der Waals surface area contributed by atoms with Gasteiger partial charge in [-0.3, -0.25) is 0 Å². The summed E-state index contributed by atoms with van der Waals surface area (Å²) < 4.78 is 0. The van der Waals surface area contributed by atoms with E-state index in [1.54, 1.807) is 16.2 Å². The second kappa shape index (κ2) is 8.56. The molecule has 22 heavy (non-hydrogen) atoms. The van der Waals surface area contributed by atoms with Crippen molar-refractivity contribution in [2.45, 2.75) is 26.4 Å². The van der Waals surface area contributed by atoms with Crippen LogP contribution in [-0.2, 0) is 19.5 Å². The number of carbonyl (C=O) groups is 1. The average molecular weight is 318 g/mol. The van der Waals surface area contributed by atoms with E-state index in [4.69, 9.17) is 5.11 Å². The average Bonchev–Trinajstić information content (AvgIpc) is 3.01. The minimum atomic E-state index is -0.149. The number of nitrogens with one attached hydrogen (secondary N) is 1. The molecule has 0 radical (unpaired) electrons. The number of urea groups is 1. The number of aliphatic hydroxyl groups excluding tert-OH is 1. The molecule has 0 fully saturated rings. The molecule has 2 rings (SSSR count). The molecule has 5 heteroatoms. The molecule has 2 N–H and O–H groups in total. The molecule has 1 heterocycles. The van der Waals surface area contributed by atoms with Crippen LogP contribution in [0.25, 0.3) is 0 Å². The normalized spacial score (nSPS) is 10.5. The number of rotatable bonds is 7. The number of aryl methyl sites for hydroxylation is 1. The van der Waals surface area contributed by atoms with Crippen molar-refractivity contribution >= 4 is 17.4 Å². The zero-order valence-corrected chi connectivity index (χ0v) is 13.6. The number of hydrogen-bond donors (Lipinski definition) is 2. The summed E-state index contributed by atoms with van der Waals surface area (Å²) in [5.41, 5.74) is 1.05. The minimum Gasteiger partial charge on any atom is -0.395 e. The van der Waals surface area contributed by atoms with E-state index in [9.17, 15) is 4.79 Å². The molecule has 0 aliphatic carbocycles. The van der Waals surface area contributed by atoms with E-state index in [-0.39, 0.29) is 12.6 Å². The fourth-order valence-corrected chi connectivity index (χ4v) is 3.06. The predicted molar refractivity (Wildman–Crippen MR) is 89.9 cm³/mol. The number of benzene rings is 1. The summed E-state index contributed by atoms with van der Waals surface area (Å²) in [6, 6.07) is 13.8. The highest BCUT2D eigenvalue weighted by atomic mass is 32.1. The maximum atomic E-state index is 12.3. The number of aliphatic hydroxyl groups is 1. The fraction of sp³-hybridized carbons (Fsp3) is 0.353. The highest BCUT2D eigenvalue weighted by molar-refractivity contribution is 7.11. The predicted octanol–water partition coefficient (Wildman–Crippen LogP) is 3.01. The Morgan fingerprint density at radius 3 is 2.55 bits per heavy atom. The molecule has 0 unspecified atom stereocenters. The SMILES string of the molecule is CCc1ccc(CNC(=O)N(CCO)Cc2ccccc2)s1. The fourth-order valence-electron chi connectivity index (χ4n) is 2.16. The standard InChI is InChI=1S/C17H22N2O2S/c1-2-15-8-9-16(22-15)12-18-17(21)19(10-11-20)13-14-6-4-3-5-7-14/h3-9,20H,2,10-13H2,1H3,(H,18,21). The highest BCUT2D eigenvalue weighted by Crippen LogP contribution is 2.16. The van der Waals surface area contributed by atoms with Gasteiger partial charge >= 0.3 is 6.03 Å². The first kappa shape index (κ1) is 16.5. The Balaban J connectivity index is 1.91. The van der Waals surface area contributed by atoms with Crippen LogP contribution in [0.2, 0.25) is 0 Å². The van der Waals surface area contributed by atoms with Gasteiger partial charge in [-0.15, -0.1) is 11.3 Å². The van der Waals surface area contributed by atoms with Gasteiger partial charge in [0.15, 0.2) is 0 Å². The smallest absolute Gasteiger partial charge is 0.318 e. The van der Waals surface area contributed by atoms with E-state index in [0.717, 1.165) is 16.9 Å². The van der Waals surface area contributed by atoms with Crippen LogP contribution < -0.4 is 5.32 Å². The third kappa shape index (κ3) is 4.86. The maximum Gasteiger partial charge on any atom is 0.318 e. The van der Waals surface area contributed by atoms with Gasteiger partial charge in [-0.25, -0.2) is 4.79 Å². The largest absolute Gasteiger partial charge is 0.395 e. The summed E-state index contributed by atoms with van der Waals surface area (Å²) in [7, 11) is 0. The Bertz CT molecular complexity index is 583. The van der Waals surface area contributed by atoms with Crippen LogP contribution in [0.15, 0.2) is 42.5 Å². The topological polar surface area (TPSA) is 52.6 Å². The zero-order valence-electron chi connectivity index (χ0n) is 12.8. The number of nitrogens with zero attached hydrogens (tertiary/aromatic N) is 1. The van der Waals surface area contributed by atoms with Crippen LogP contribution in [0.4, 0.5) is 4.79 Å². The van der Waals surface area contributed by atoms with Gasteiger partial charge in [-0.2, -0.15) is 0 Å². The summed E-state index contributed by atoms with van der Waals surface area (Å²) >= 11 is 1.72. The Kier molecular flexibility index (Phi) is 6.43. The molecule has 0 bridgehead atoms. The Morgan fingerprint density at radius 2 is 1.91 bits per heavy atom. The van der Waals surface area contributed by atoms with Gasteiger partial charge in [-0.1, -0.05) is 37.3 Å². The van der Waals surface area contributed by atoms with Crippen LogP contribution in [0, 0.1) is 0 Å². The van der Waals surface area contributed by atoms with Crippen LogP contribution in [0.3, 0.4) is 0 Å². The van der Waals surface area contributed by atoms with Gasteiger partial charge in [0.25, 0.3) is 0 Å². The third-order valence-corrected chi connectivity index (χ3v) is 4.58. The molecule has 2 amide bonds. The third-order valence-electron chi connectivity index (χ3n) is 3.35. The maximum absolute atomic E-state index is 12.3. The van der Waals surface area contributed by atoms with Crippen molar-refractivity contribution in [3.8, 4) is 0 Å². The Morgan fingerprint density at radius 1 is 1.18 bits per heavy atom. The lowest BCUT2D eigenvalue weighted by Crippen LogP contribution is -2.40. The van der Waals surface area contributed by atoms with Crippen molar-refractivity contribution < 1.29 is 9.90 Å². The molecule has 0 aliphatic rings. The summed E-state index contributed by atoms with van der Waals surface area (Å²) in [4.78, 5) is 16.4. The van der Waals surface area contributed by atoms with Crippen LogP contribution in [0.1, 0.15) is 22.2 Å². The van der Waals surface area contributed by atoms with E-state index in [2.05, 4.69) is 24.4 Å². The number of amides is 2. The van der Waals surface area contributed by atoms with E-state index in [0.29, 0.717) is 19.6 Å². The van der Waals surface area contributed by atoms with Gasteiger partial charge in [0.1, 0.15) is 0 Å². The molecular formula is C17H22N2O2S. The molecule has 0 atom stereocenters. The lowest BCUT2D eigenvalue weighted by atomic mass is 10.2. The van der Waals surface area contributed by atoms with E-state index >= 15 is 0 Å². The number of carbonyl (C=O) groups excluding carboxylic acids is 1. The van der Waals surface area contributed by atoms with Crippen LogP contribution >= 0.6 is 11.3 Å². The van der Waals surface area contributed by atoms with Crippen molar-refractivity contribution in [3.63, 3.8) is 0 Å². The van der Waals surface area contributed by atoms with E-state index in [1.807, 2.05) is 30.3 Å². The molecular weight excluding hydrogens is 296 g/mol. The van der Waals surface area contributed by atoms with Crippen LogP contribution in [0.5, 0.6) is 0 Å². The van der Waals surface area contributed by atoms with Gasteiger partial charge in [-0.05, 0) is 24.1 Å². The first-order chi connectivity index (χ1) is 10.7. The zero-order chi connectivity index (χ0) is 15.8. The first-order valence-electron chi connectivity index (χ1n) is 7.48. The second-order valence-electron chi connectivity index (χ2n) is 5.01. The summed E-state index contributed by atoms with van der Waals surface area (Å²) in [6.45, 7) is 3.43. The van der Waals surface area contributed by atoms with Crippen molar-refractivity contribution in [1.29, 1.82) is 0 Å². The molecule has 1 aromatic heterocycles. The van der Waals surface area contributed by atoms with Crippen molar-refractivity contribution in [2.24, 2.45) is 0 Å².